The number of rotatable bonds is 3. The van der Waals surface area contributed by atoms with Crippen LogP contribution in [0, 0.1) is 20.8 Å². The lowest BCUT2D eigenvalue weighted by Gasteiger charge is -2.32. The summed E-state index contributed by atoms with van der Waals surface area (Å²) in [6.45, 7) is 6.71. The Morgan fingerprint density at radius 3 is 2.88 bits per heavy atom. The summed E-state index contributed by atoms with van der Waals surface area (Å²) < 4.78 is 8.07. The quantitative estimate of drug-likeness (QED) is 0.470. The molecule has 0 radical (unpaired) electrons. The van der Waals surface area contributed by atoms with E-state index in [1.54, 1.807) is 6.33 Å². The Hall–Kier alpha value is -4.01. The fraction of sp³-hybridized carbons (Fsp3) is 0.261. The van der Waals surface area contributed by atoms with Crippen molar-refractivity contribution in [2.24, 2.45) is 0 Å². The van der Waals surface area contributed by atoms with Crippen molar-refractivity contribution < 1.29 is 4.42 Å². The summed E-state index contributed by atoms with van der Waals surface area (Å²) in [5.74, 6) is 0.461. The normalized spacial score (nSPS) is 16.0. The van der Waals surface area contributed by atoms with Crippen LogP contribution in [0.15, 0.2) is 47.3 Å². The highest BCUT2D eigenvalue weighted by Gasteiger charge is 2.36. The second-order valence-corrected chi connectivity index (χ2v) is 8.18. The highest BCUT2D eigenvalue weighted by atomic mass is 16.4. The Labute approximate surface area is 184 Å². The second-order valence-electron chi connectivity index (χ2n) is 8.18. The lowest BCUT2D eigenvalue weighted by atomic mass is 10.00. The molecule has 9 nitrogen and oxygen atoms in total. The number of aromatic nitrogens is 7. The standard InChI is InChI=1S/C23H22N8O/c1-13-5-4-9-31-19(13)11-18(29-31)21-20-17(24-12-25-20)8-10-30(21)23-28-27-22(32-23)16-7-6-14(2)26-15(16)3/h4-7,9,11-12,21H,8,10H2,1-3H3,(H,24,25)/t21-/m0/s1. The first kappa shape index (κ1) is 18.7. The summed E-state index contributed by atoms with van der Waals surface area (Å²) in [4.78, 5) is 14.5. The Morgan fingerprint density at radius 1 is 1.12 bits per heavy atom. The van der Waals surface area contributed by atoms with E-state index in [2.05, 4.69) is 49.1 Å². The Kier molecular flexibility index (Phi) is 4.11. The number of nitrogens with zero attached hydrogens (tertiary/aromatic N) is 7. The van der Waals surface area contributed by atoms with Crippen LogP contribution in [-0.4, -0.2) is 41.3 Å². The number of hydrogen-bond acceptors (Lipinski definition) is 7. The molecule has 6 heterocycles. The van der Waals surface area contributed by atoms with Crippen molar-refractivity contribution in [3.05, 3.63) is 76.9 Å². The average Bonchev–Trinajstić information content (AvgIpc) is 3.52. The minimum atomic E-state index is -0.227. The molecule has 0 spiro atoms. The van der Waals surface area contributed by atoms with Crippen molar-refractivity contribution in [2.45, 2.75) is 33.2 Å². The van der Waals surface area contributed by atoms with Crippen molar-refractivity contribution in [3.8, 4) is 11.5 Å². The average molecular weight is 426 g/mol. The number of aromatic amines is 1. The van der Waals surface area contributed by atoms with E-state index in [1.165, 1.54) is 5.56 Å². The van der Waals surface area contributed by atoms with E-state index in [4.69, 9.17) is 9.52 Å². The zero-order valence-corrected chi connectivity index (χ0v) is 18.1. The number of aryl methyl sites for hydroxylation is 3. The highest BCUT2D eigenvalue weighted by molar-refractivity contribution is 5.59. The number of anilines is 1. The summed E-state index contributed by atoms with van der Waals surface area (Å²) in [6.07, 6.45) is 4.51. The van der Waals surface area contributed by atoms with Crippen LogP contribution in [0.3, 0.4) is 0 Å². The first-order valence-electron chi connectivity index (χ1n) is 10.6. The molecule has 0 fully saturated rings. The summed E-state index contributed by atoms with van der Waals surface area (Å²) in [5, 5.41) is 13.6. The zero-order chi connectivity index (χ0) is 21.8. The van der Waals surface area contributed by atoms with Crippen molar-refractivity contribution in [2.75, 3.05) is 11.4 Å². The maximum absolute atomic E-state index is 6.16. The molecular formula is C23H22N8O. The van der Waals surface area contributed by atoms with E-state index < -0.39 is 0 Å². The van der Waals surface area contributed by atoms with E-state index in [0.29, 0.717) is 18.5 Å². The topological polar surface area (TPSA) is 101 Å². The fourth-order valence-corrected chi connectivity index (χ4v) is 4.44. The van der Waals surface area contributed by atoms with Gasteiger partial charge in [0.05, 0.1) is 34.5 Å². The van der Waals surface area contributed by atoms with Gasteiger partial charge < -0.3 is 14.3 Å². The van der Waals surface area contributed by atoms with Crippen LogP contribution in [0.2, 0.25) is 0 Å². The number of H-pyrrole nitrogens is 1. The molecule has 0 aromatic carbocycles. The predicted octanol–water partition coefficient (Wildman–Crippen LogP) is 3.58. The molecule has 9 heteroatoms. The summed E-state index contributed by atoms with van der Waals surface area (Å²) in [5.41, 5.74) is 7.82. The minimum Gasteiger partial charge on any atom is -0.403 e. The van der Waals surface area contributed by atoms with Crippen LogP contribution < -0.4 is 4.90 Å². The van der Waals surface area contributed by atoms with Gasteiger partial charge >= 0.3 is 6.01 Å². The van der Waals surface area contributed by atoms with Crippen LogP contribution in [-0.2, 0) is 6.42 Å². The number of pyridine rings is 2. The van der Waals surface area contributed by atoms with Gasteiger partial charge in [-0.3, -0.25) is 4.98 Å². The van der Waals surface area contributed by atoms with Gasteiger partial charge in [0.15, 0.2) is 0 Å². The number of nitrogens with one attached hydrogen (secondary N) is 1. The molecule has 32 heavy (non-hydrogen) atoms. The minimum absolute atomic E-state index is 0.227. The van der Waals surface area contributed by atoms with Crippen molar-refractivity contribution in [1.29, 1.82) is 0 Å². The number of fused-ring (bicyclic) bond motifs is 2. The monoisotopic (exact) mass is 426 g/mol. The van der Waals surface area contributed by atoms with E-state index in [0.717, 1.165) is 46.0 Å². The molecule has 1 aliphatic heterocycles. The molecule has 0 aliphatic carbocycles. The van der Waals surface area contributed by atoms with Crippen molar-refractivity contribution in [1.82, 2.24) is 34.8 Å². The number of hydrogen-bond donors (Lipinski definition) is 1. The summed E-state index contributed by atoms with van der Waals surface area (Å²) in [7, 11) is 0. The number of imidazole rings is 1. The van der Waals surface area contributed by atoms with Gasteiger partial charge in [-0.2, -0.15) is 5.10 Å². The molecule has 5 aromatic heterocycles. The van der Waals surface area contributed by atoms with Gasteiger partial charge in [-0.05, 0) is 50.6 Å². The van der Waals surface area contributed by atoms with E-state index >= 15 is 0 Å². The maximum atomic E-state index is 6.16. The first-order valence-corrected chi connectivity index (χ1v) is 10.6. The van der Waals surface area contributed by atoms with Crippen molar-refractivity contribution in [3.63, 3.8) is 0 Å². The zero-order valence-electron chi connectivity index (χ0n) is 18.1. The van der Waals surface area contributed by atoms with Crippen LogP contribution in [0.25, 0.3) is 17.0 Å². The smallest absolute Gasteiger partial charge is 0.319 e. The van der Waals surface area contributed by atoms with Gasteiger partial charge in [0.25, 0.3) is 5.89 Å². The fourth-order valence-electron chi connectivity index (χ4n) is 4.44. The first-order chi connectivity index (χ1) is 15.6. The Morgan fingerprint density at radius 2 is 2.03 bits per heavy atom. The van der Waals surface area contributed by atoms with Gasteiger partial charge in [-0.25, -0.2) is 9.50 Å². The van der Waals surface area contributed by atoms with Gasteiger partial charge in [-0.1, -0.05) is 11.2 Å². The third-order valence-electron chi connectivity index (χ3n) is 6.05. The molecule has 0 saturated heterocycles. The second kappa shape index (κ2) is 7.01. The molecule has 6 rings (SSSR count). The van der Waals surface area contributed by atoms with E-state index in [1.807, 2.05) is 42.8 Å². The van der Waals surface area contributed by atoms with Crippen LogP contribution in [0.1, 0.15) is 40.1 Å². The SMILES string of the molecule is Cc1ccc(-c2nnc(N3CCc4[nH]cnc4[C@@H]3c3cc4c(C)cccn4n3)o2)c(C)n1. The third-order valence-corrected chi connectivity index (χ3v) is 6.05. The van der Waals surface area contributed by atoms with Crippen LogP contribution in [0.4, 0.5) is 6.01 Å². The molecule has 1 atom stereocenters. The van der Waals surface area contributed by atoms with Gasteiger partial charge in [0.1, 0.15) is 6.04 Å². The molecule has 0 bridgehead atoms. The Bertz CT molecular complexity index is 1450. The van der Waals surface area contributed by atoms with Crippen molar-refractivity contribution >= 4 is 11.5 Å². The molecular weight excluding hydrogens is 404 g/mol. The van der Waals surface area contributed by atoms with Crippen LogP contribution in [0.5, 0.6) is 0 Å². The lowest BCUT2D eigenvalue weighted by Crippen LogP contribution is -2.36. The Balaban J connectivity index is 1.45. The molecule has 160 valence electrons. The molecule has 0 unspecified atom stereocenters. The molecule has 1 N–H and O–H groups in total. The molecule has 0 amide bonds. The maximum Gasteiger partial charge on any atom is 0.319 e. The largest absolute Gasteiger partial charge is 0.403 e. The summed E-state index contributed by atoms with van der Waals surface area (Å²) in [6, 6.07) is 10.3. The van der Waals surface area contributed by atoms with E-state index in [-0.39, 0.29) is 6.04 Å². The van der Waals surface area contributed by atoms with Gasteiger partial charge in [0, 0.05) is 30.6 Å². The molecule has 1 aliphatic rings. The molecule has 5 aromatic rings. The summed E-state index contributed by atoms with van der Waals surface area (Å²) >= 11 is 0. The van der Waals surface area contributed by atoms with Gasteiger partial charge in [0.2, 0.25) is 0 Å². The third kappa shape index (κ3) is 2.89. The molecule has 0 saturated carbocycles. The van der Waals surface area contributed by atoms with Gasteiger partial charge in [-0.15, -0.1) is 5.10 Å². The van der Waals surface area contributed by atoms with Crippen LogP contribution >= 0.6 is 0 Å². The lowest BCUT2D eigenvalue weighted by molar-refractivity contribution is 0.503. The highest BCUT2D eigenvalue weighted by Crippen LogP contribution is 2.37. The predicted molar refractivity (Wildman–Crippen MR) is 118 cm³/mol. The van der Waals surface area contributed by atoms with E-state index in [9.17, 15) is 0 Å².